The molecule has 1 aliphatic heterocycles. The van der Waals surface area contributed by atoms with Gasteiger partial charge in [-0.25, -0.2) is 27.8 Å². The largest absolute Gasteiger partial charge is 0.490 e. The summed E-state index contributed by atoms with van der Waals surface area (Å²) in [6.07, 6.45) is -1.84. The topological polar surface area (TPSA) is 148 Å². The van der Waals surface area contributed by atoms with Crippen LogP contribution in [-0.4, -0.2) is 80.4 Å². The molecule has 2 aromatic carbocycles. The van der Waals surface area contributed by atoms with Crippen molar-refractivity contribution in [2.45, 2.75) is 42.3 Å². The first-order valence-corrected chi connectivity index (χ1v) is 14.3. The van der Waals surface area contributed by atoms with Gasteiger partial charge in [-0.3, -0.25) is 10.0 Å². The Morgan fingerprint density at radius 1 is 1.00 bits per heavy atom. The molecule has 1 aliphatic carbocycles. The van der Waals surface area contributed by atoms with Crippen molar-refractivity contribution >= 4 is 21.9 Å². The van der Waals surface area contributed by atoms with Crippen LogP contribution >= 0.6 is 0 Å². The summed E-state index contributed by atoms with van der Waals surface area (Å²) in [6.45, 7) is 3.80. The number of carbonyl (C=O) groups is 2. The van der Waals surface area contributed by atoms with Crippen molar-refractivity contribution in [2.75, 3.05) is 32.7 Å². The highest BCUT2D eigenvalue weighted by Gasteiger charge is 2.39. The van der Waals surface area contributed by atoms with Crippen LogP contribution in [0.25, 0.3) is 0 Å². The molecular formula is C26H32F4N4O6S. The van der Waals surface area contributed by atoms with Crippen LogP contribution in [0.1, 0.15) is 41.1 Å². The van der Waals surface area contributed by atoms with E-state index in [-0.39, 0.29) is 16.3 Å². The number of hydrogen-bond donors (Lipinski definition) is 5. The van der Waals surface area contributed by atoms with Crippen LogP contribution in [0.4, 0.5) is 17.6 Å². The van der Waals surface area contributed by atoms with Crippen molar-refractivity contribution in [3.63, 3.8) is 0 Å². The Balaban J connectivity index is 0.000000587. The number of likely N-dealkylation sites (tertiary alicyclic amines) is 1. The number of nitrogens with zero attached hydrogens (tertiary/aromatic N) is 1. The van der Waals surface area contributed by atoms with E-state index in [0.717, 1.165) is 38.9 Å². The number of benzene rings is 2. The molecule has 0 spiro atoms. The fourth-order valence-electron chi connectivity index (χ4n) is 4.50. The molecule has 5 N–H and O–H groups in total. The quantitative estimate of drug-likeness (QED) is 0.158. The average molecular weight is 605 g/mol. The van der Waals surface area contributed by atoms with Gasteiger partial charge in [-0.1, -0.05) is 12.1 Å². The van der Waals surface area contributed by atoms with E-state index in [1.54, 1.807) is 0 Å². The Morgan fingerprint density at radius 2 is 1.59 bits per heavy atom. The predicted molar refractivity (Wildman–Crippen MR) is 139 cm³/mol. The molecule has 0 bridgehead atoms. The molecule has 0 radical (unpaired) electrons. The Labute approximate surface area is 234 Å². The van der Waals surface area contributed by atoms with Crippen molar-refractivity contribution in [2.24, 2.45) is 5.92 Å². The predicted octanol–water partition coefficient (Wildman–Crippen LogP) is 2.71. The fraction of sp³-hybridized carbons (Fsp3) is 0.462. The molecule has 41 heavy (non-hydrogen) atoms. The maximum atomic E-state index is 13.1. The highest BCUT2D eigenvalue weighted by atomic mass is 32.2. The molecule has 1 saturated heterocycles. The molecule has 1 saturated carbocycles. The van der Waals surface area contributed by atoms with Gasteiger partial charge in [0, 0.05) is 30.6 Å². The molecule has 2 fully saturated rings. The summed E-state index contributed by atoms with van der Waals surface area (Å²) in [6, 6.07) is 12.6. The highest BCUT2D eigenvalue weighted by molar-refractivity contribution is 7.89. The molecule has 226 valence electrons. The molecule has 10 nitrogen and oxygen atoms in total. The summed E-state index contributed by atoms with van der Waals surface area (Å²) in [5.74, 6) is -2.56. The number of carbonyl (C=O) groups excluding carboxylic acids is 1. The van der Waals surface area contributed by atoms with Crippen LogP contribution in [-0.2, 0) is 14.8 Å². The number of piperidine rings is 1. The average Bonchev–Trinajstić information content (AvgIpc) is 3.72. The zero-order valence-electron chi connectivity index (χ0n) is 21.9. The number of hydrogen-bond acceptors (Lipinski definition) is 7. The first-order chi connectivity index (χ1) is 19.3. The minimum absolute atomic E-state index is 0.0748. The van der Waals surface area contributed by atoms with E-state index < -0.39 is 28.1 Å². The molecule has 15 heteroatoms. The molecule has 1 heterocycles. The van der Waals surface area contributed by atoms with Crippen molar-refractivity contribution < 1.29 is 45.9 Å². The van der Waals surface area contributed by atoms with Gasteiger partial charge in [-0.15, -0.1) is 0 Å². The monoisotopic (exact) mass is 604 g/mol. The van der Waals surface area contributed by atoms with Crippen LogP contribution < -0.4 is 15.5 Å². The summed E-state index contributed by atoms with van der Waals surface area (Å²) in [5, 5.41) is 19.4. The normalized spacial score (nSPS) is 19.6. The van der Waals surface area contributed by atoms with Gasteiger partial charge in [0.05, 0.1) is 4.90 Å². The molecule has 2 unspecified atom stereocenters. The Hall–Kier alpha value is -3.11. The van der Waals surface area contributed by atoms with Gasteiger partial charge in [0.25, 0.3) is 5.91 Å². The molecule has 1 amide bonds. The zero-order valence-corrected chi connectivity index (χ0v) is 22.7. The number of aliphatic carboxylic acids is 1. The number of carboxylic acid groups (broad SMARTS) is 1. The SMILES string of the molecule is O=C(NO)c1ccc(S(=O)(=O)NCCN2CCC(CNC3CC3c3ccc(F)cc3)CC2)cc1.O=C(O)C(F)(F)F. The zero-order chi connectivity index (χ0) is 30.2. The van der Waals surface area contributed by atoms with E-state index in [9.17, 15) is 30.8 Å². The summed E-state index contributed by atoms with van der Waals surface area (Å²) in [4.78, 5) is 22.6. The van der Waals surface area contributed by atoms with Crippen molar-refractivity contribution in [1.29, 1.82) is 0 Å². The number of hydroxylamine groups is 1. The molecule has 0 aromatic heterocycles. The molecule has 2 atom stereocenters. The smallest absolute Gasteiger partial charge is 0.475 e. The Morgan fingerprint density at radius 3 is 2.12 bits per heavy atom. The lowest BCUT2D eigenvalue weighted by atomic mass is 9.96. The van der Waals surface area contributed by atoms with E-state index in [1.165, 1.54) is 47.4 Å². The second-order valence-electron chi connectivity index (χ2n) is 9.86. The third-order valence-electron chi connectivity index (χ3n) is 6.96. The van der Waals surface area contributed by atoms with Crippen molar-refractivity contribution in [1.82, 2.24) is 20.4 Å². The van der Waals surface area contributed by atoms with Crippen LogP contribution in [0, 0.1) is 11.7 Å². The second-order valence-corrected chi connectivity index (χ2v) is 11.6. The number of alkyl halides is 3. The first-order valence-electron chi connectivity index (χ1n) is 12.9. The third kappa shape index (κ3) is 10.0. The summed E-state index contributed by atoms with van der Waals surface area (Å²) in [5.41, 5.74) is 2.88. The van der Waals surface area contributed by atoms with Gasteiger partial charge in [0.1, 0.15) is 5.82 Å². The van der Waals surface area contributed by atoms with E-state index in [1.807, 2.05) is 12.1 Å². The molecule has 2 aliphatic rings. The summed E-state index contributed by atoms with van der Waals surface area (Å²) < 4.78 is 72.4. The third-order valence-corrected chi connectivity index (χ3v) is 8.43. The molecule has 2 aromatic rings. The number of amides is 1. The van der Waals surface area contributed by atoms with Crippen LogP contribution in [0.15, 0.2) is 53.4 Å². The summed E-state index contributed by atoms with van der Waals surface area (Å²) in [7, 11) is -3.66. The Bertz CT molecular complexity index is 1270. The number of halogens is 4. The number of rotatable bonds is 10. The van der Waals surface area contributed by atoms with E-state index >= 15 is 0 Å². The number of sulfonamides is 1. The lowest BCUT2D eigenvalue weighted by Crippen LogP contribution is -2.41. The fourth-order valence-corrected chi connectivity index (χ4v) is 5.52. The number of carboxylic acids is 1. The van der Waals surface area contributed by atoms with Gasteiger partial charge >= 0.3 is 12.1 Å². The molecule has 4 rings (SSSR count). The van der Waals surface area contributed by atoms with E-state index in [4.69, 9.17) is 15.1 Å². The van der Waals surface area contributed by atoms with E-state index in [2.05, 4.69) is 14.9 Å². The maximum Gasteiger partial charge on any atom is 0.490 e. The van der Waals surface area contributed by atoms with Crippen LogP contribution in [0.5, 0.6) is 0 Å². The van der Waals surface area contributed by atoms with Gasteiger partial charge in [0.15, 0.2) is 0 Å². The van der Waals surface area contributed by atoms with Crippen molar-refractivity contribution in [3.05, 3.63) is 65.5 Å². The van der Waals surface area contributed by atoms with Crippen molar-refractivity contribution in [3.8, 4) is 0 Å². The highest BCUT2D eigenvalue weighted by Crippen LogP contribution is 2.41. The minimum atomic E-state index is -5.08. The van der Waals surface area contributed by atoms with Crippen LogP contribution in [0.3, 0.4) is 0 Å². The minimum Gasteiger partial charge on any atom is -0.475 e. The Kier molecular flexibility index (Phi) is 11.2. The van der Waals surface area contributed by atoms with Gasteiger partial charge < -0.3 is 15.3 Å². The molecular weight excluding hydrogens is 572 g/mol. The number of nitrogens with one attached hydrogen (secondary N) is 3. The first kappa shape index (κ1) is 32.4. The maximum absolute atomic E-state index is 13.1. The summed E-state index contributed by atoms with van der Waals surface area (Å²) >= 11 is 0. The standard InChI is InChI=1S/C24H31FN4O4S.C2HF3O2/c25-20-5-1-18(2-6-20)22-15-23(22)26-16-17-9-12-29(13-10-17)14-11-27-34(32,33)21-7-3-19(4-8-21)24(30)28-31;3-2(4,5)1(6)7/h1-8,17,22-23,26-27,31H,9-16H2,(H,28,30);(H,6,7). The van der Waals surface area contributed by atoms with Crippen LogP contribution in [0.2, 0.25) is 0 Å². The lowest BCUT2D eigenvalue weighted by Gasteiger charge is -2.32. The van der Waals surface area contributed by atoms with Gasteiger partial charge in [0.2, 0.25) is 10.0 Å². The van der Waals surface area contributed by atoms with Gasteiger partial charge in [-0.05, 0) is 86.8 Å². The van der Waals surface area contributed by atoms with Gasteiger partial charge in [-0.2, -0.15) is 13.2 Å². The lowest BCUT2D eigenvalue weighted by molar-refractivity contribution is -0.192. The second kappa shape index (κ2) is 14.2. The van der Waals surface area contributed by atoms with E-state index in [0.29, 0.717) is 31.0 Å².